The Morgan fingerprint density at radius 1 is 1.50 bits per heavy atom. The van der Waals surface area contributed by atoms with Crippen LogP contribution in [0.2, 0.25) is 5.15 Å². The average molecular weight is 379 g/mol. The van der Waals surface area contributed by atoms with E-state index in [1.54, 1.807) is 18.3 Å². The van der Waals surface area contributed by atoms with Gasteiger partial charge in [0.05, 0.1) is 5.69 Å². The molecule has 0 bridgehead atoms. The van der Waals surface area contributed by atoms with Crippen LogP contribution in [0.15, 0.2) is 30.5 Å². The van der Waals surface area contributed by atoms with Gasteiger partial charge in [-0.15, -0.1) is 0 Å². The summed E-state index contributed by atoms with van der Waals surface area (Å²) >= 11 is 6.01. The van der Waals surface area contributed by atoms with Gasteiger partial charge in [-0.1, -0.05) is 23.7 Å². The summed E-state index contributed by atoms with van der Waals surface area (Å²) in [5, 5.41) is 15.9. The minimum absolute atomic E-state index is 0.00138. The fourth-order valence-corrected chi connectivity index (χ4v) is 3.20. The molecule has 1 fully saturated rings. The molecule has 3 rings (SSSR count). The third-order valence-electron chi connectivity index (χ3n) is 4.45. The van der Waals surface area contributed by atoms with E-state index in [2.05, 4.69) is 15.6 Å². The van der Waals surface area contributed by atoms with Crippen LogP contribution in [0.3, 0.4) is 0 Å². The van der Waals surface area contributed by atoms with Gasteiger partial charge in [-0.05, 0) is 31.0 Å². The summed E-state index contributed by atoms with van der Waals surface area (Å²) in [4.78, 5) is 16.5. The topological polar surface area (TPSA) is 77.5 Å². The van der Waals surface area contributed by atoms with E-state index in [1.165, 1.54) is 11.0 Å². The van der Waals surface area contributed by atoms with Crippen LogP contribution in [-0.2, 0) is 6.54 Å². The Balaban J connectivity index is 1.73. The normalized spacial score (nSPS) is 16.6. The third kappa shape index (κ3) is 4.16. The molecule has 1 amide bonds. The molecule has 0 saturated carbocycles. The molecule has 26 heavy (non-hydrogen) atoms. The molecule has 1 aliphatic rings. The van der Waals surface area contributed by atoms with Gasteiger partial charge in [-0.2, -0.15) is 0 Å². The maximum atomic E-state index is 14.0. The molecule has 1 aromatic heterocycles. The van der Waals surface area contributed by atoms with E-state index in [0.29, 0.717) is 36.9 Å². The molecule has 0 aliphatic carbocycles. The smallest absolute Gasteiger partial charge is 0.407 e. The van der Waals surface area contributed by atoms with Gasteiger partial charge < -0.3 is 20.6 Å². The maximum absolute atomic E-state index is 14.0. The molecule has 1 aromatic carbocycles. The number of nitrogens with zero attached hydrogens (tertiary/aromatic N) is 2. The Morgan fingerprint density at radius 2 is 2.31 bits per heavy atom. The number of rotatable bonds is 5. The monoisotopic (exact) mass is 378 g/mol. The molecule has 138 valence electrons. The standard InChI is InChI=1S/C18H20ClFN4O2/c1-11-3-2-4-14(20)17(11)22-9-12-8-21-16(19)7-15(12)23-13-5-6-24(10-13)18(25)26/h2-4,7-8,13,22H,5-6,9-10H2,1H3,(H,21,23)(H,25,26)/t13-/m0/s1. The minimum Gasteiger partial charge on any atom is -0.465 e. The van der Waals surface area contributed by atoms with Gasteiger partial charge in [0.2, 0.25) is 0 Å². The van der Waals surface area contributed by atoms with Gasteiger partial charge in [0.25, 0.3) is 0 Å². The van der Waals surface area contributed by atoms with Crippen molar-refractivity contribution in [2.24, 2.45) is 0 Å². The summed E-state index contributed by atoms with van der Waals surface area (Å²) in [5.74, 6) is -0.311. The number of halogens is 2. The molecule has 3 N–H and O–H groups in total. The molecule has 0 unspecified atom stereocenters. The second kappa shape index (κ2) is 7.78. The molecular formula is C18H20ClFN4O2. The number of nitrogens with one attached hydrogen (secondary N) is 2. The number of para-hydroxylation sites is 1. The SMILES string of the molecule is Cc1cccc(F)c1NCc1cnc(Cl)cc1N[C@H]1CCN(C(=O)O)C1. The Hall–Kier alpha value is -2.54. The molecule has 8 heteroatoms. The lowest BCUT2D eigenvalue weighted by atomic mass is 10.1. The van der Waals surface area contributed by atoms with Gasteiger partial charge >= 0.3 is 6.09 Å². The summed E-state index contributed by atoms with van der Waals surface area (Å²) in [7, 11) is 0. The molecule has 6 nitrogen and oxygen atoms in total. The number of aromatic nitrogens is 1. The van der Waals surface area contributed by atoms with E-state index < -0.39 is 6.09 Å². The van der Waals surface area contributed by atoms with Crippen molar-refractivity contribution in [2.45, 2.75) is 25.9 Å². The van der Waals surface area contributed by atoms with Crippen molar-refractivity contribution in [3.05, 3.63) is 52.6 Å². The summed E-state index contributed by atoms with van der Waals surface area (Å²) in [6, 6.07) is 6.62. The maximum Gasteiger partial charge on any atom is 0.407 e. The van der Waals surface area contributed by atoms with Crippen LogP contribution in [-0.4, -0.2) is 40.2 Å². The Labute approximate surface area is 156 Å². The highest BCUT2D eigenvalue weighted by Crippen LogP contribution is 2.25. The van der Waals surface area contributed by atoms with Crippen LogP contribution in [0, 0.1) is 12.7 Å². The Bertz CT molecular complexity index is 798. The third-order valence-corrected chi connectivity index (χ3v) is 4.66. The van der Waals surface area contributed by atoms with Gasteiger partial charge in [0.1, 0.15) is 11.0 Å². The molecular weight excluding hydrogens is 359 g/mol. The number of carbonyl (C=O) groups is 1. The lowest BCUT2D eigenvalue weighted by Crippen LogP contribution is -2.30. The zero-order valence-electron chi connectivity index (χ0n) is 14.3. The molecule has 2 aromatic rings. The Kier molecular flexibility index (Phi) is 5.46. The highest BCUT2D eigenvalue weighted by Gasteiger charge is 2.26. The first-order valence-corrected chi connectivity index (χ1v) is 8.69. The highest BCUT2D eigenvalue weighted by molar-refractivity contribution is 6.29. The number of amides is 1. The van der Waals surface area contributed by atoms with Crippen molar-refractivity contribution in [1.29, 1.82) is 0 Å². The summed E-state index contributed by atoms with van der Waals surface area (Å²) in [6.45, 7) is 3.11. The number of benzene rings is 1. The Morgan fingerprint density at radius 3 is 3.00 bits per heavy atom. The van der Waals surface area contributed by atoms with Crippen LogP contribution in [0.4, 0.5) is 20.6 Å². The fourth-order valence-electron chi connectivity index (χ4n) is 3.04. The lowest BCUT2D eigenvalue weighted by molar-refractivity contribution is 0.155. The fraction of sp³-hybridized carbons (Fsp3) is 0.333. The number of carboxylic acid groups (broad SMARTS) is 1. The molecule has 0 radical (unpaired) electrons. The van der Waals surface area contributed by atoms with Crippen molar-refractivity contribution in [1.82, 2.24) is 9.88 Å². The van der Waals surface area contributed by atoms with Crippen molar-refractivity contribution >= 4 is 29.1 Å². The number of hydrogen-bond donors (Lipinski definition) is 3. The van der Waals surface area contributed by atoms with Crippen LogP contribution in [0.1, 0.15) is 17.5 Å². The number of hydrogen-bond acceptors (Lipinski definition) is 4. The first-order valence-electron chi connectivity index (χ1n) is 8.32. The van der Waals surface area contributed by atoms with Gasteiger partial charge in [-0.3, -0.25) is 0 Å². The van der Waals surface area contributed by atoms with E-state index in [0.717, 1.165) is 16.8 Å². The lowest BCUT2D eigenvalue weighted by Gasteiger charge is -2.19. The average Bonchev–Trinajstić information content (AvgIpc) is 3.05. The van der Waals surface area contributed by atoms with Gasteiger partial charge in [-0.25, -0.2) is 14.2 Å². The van der Waals surface area contributed by atoms with Crippen LogP contribution in [0.25, 0.3) is 0 Å². The zero-order valence-corrected chi connectivity index (χ0v) is 15.1. The van der Waals surface area contributed by atoms with Gasteiger partial charge in [0.15, 0.2) is 0 Å². The van der Waals surface area contributed by atoms with E-state index in [9.17, 15) is 9.18 Å². The zero-order chi connectivity index (χ0) is 18.7. The van der Waals surface area contributed by atoms with E-state index in [1.807, 2.05) is 13.0 Å². The van der Waals surface area contributed by atoms with Crippen molar-refractivity contribution < 1.29 is 14.3 Å². The summed E-state index contributed by atoms with van der Waals surface area (Å²) in [5.41, 5.74) is 2.86. The van der Waals surface area contributed by atoms with Crippen LogP contribution >= 0.6 is 11.6 Å². The molecule has 1 aliphatic heterocycles. The first-order chi connectivity index (χ1) is 12.4. The van der Waals surface area contributed by atoms with Gasteiger partial charge in [0, 0.05) is 43.1 Å². The van der Waals surface area contributed by atoms with E-state index in [4.69, 9.17) is 16.7 Å². The predicted molar refractivity (Wildman–Crippen MR) is 99.3 cm³/mol. The predicted octanol–water partition coefficient (Wildman–Crippen LogP) is 3.96. The van der Waals surface area contributed by atoms with Crippen molar-refractivity contribution in [3.8, 4) is 0 Å². The number of anilines is 2. The van der Waals surface area contributed by atoms with Crippen LogP contribution in [0.5, 0.6) is 0 Å². The highest BCUT2D eigenvalue weighted by atomic mass is 35.5. The van der Waals surface area contributed by atoms with Crippen molar-refractivity contribution in [2.75, 3.05) is 23.7 Å². The van der Waals surface area contributed by atoms with E-state index >= 15 is 0 Å². The van der Waals surface area contributed by atoms with Crippen LogP contribution < -0.4 is 10.6 Å². The number of aryl methyl sites for hydroxylation is 1. The number of likely N-dealkylation sites (tertiary alicyclic amines) is 1. The first kappa shape index (κ1) is 18.3. The summed E-state index contributed by atoms with van der Waals surface area (Å²) in [6.07, 6.45) is 1.43. The second-order valence-corrected chi connectivity index (χ2v) is 6.70. The quantitative estimate of drug-likeness (QED) is 0.686. The van der Waals surface area contributed by atoms with E-state index in [-0.39, 0.29) is 11.9 Å². The second-order valence-electron chi connectivity index (χ2n) is 6.31. The minimum atomic E-state index is -0.918. The molecule has 0 spiro atoms. The largest absolute Gasteiger partial charge is 0.465 e. The molecule has 2 heterocycles. The number of pyridine rings is 1. The summed E-state index contributed by atoms with van der Waals surface area (Å²) < 4.78 is 14.0. The van der Waals surface area contributed by atoms with Crippen molar-refractivity contribution in [3.63, 3.8) is 0 Å². The molecule has 1 atom stereocenters. The molecule has 1 saturated heterocycles.